The van der Waals surface area contributed by atoms with Gasteiger partial charge < -0.3 is 19.4 Å². The van der Waals surface area contributed by atoms with Gasteiger partial charge in [-0.25, -0.2) is 9.97 Å². The van der Waals surface area contributed by atoms with Crippen LogP contribution in [-0.4, -0.2) is 58.5 Å². The number of likely N-dealkylation sites (tertiary alicyclic amines) is 1. The average molecular weight is 603 g/mol. The lowest BCUT2D eigenvalue weighted by atomic mass is 10.1. The summed E-state index contributed by atoms with van der Waals surface area (Å²) in [6, 6.07) is 16.9. The Morgan fingerprint density at radius 2 is 1.82 bits per heavy atom. The van der Waals surface area contributed by atoms with E-state index in [0.29, 0.717) is 53.5 Å². The Hall–Kier alpha value is -4.89. The van der Waals surface area contributed by atoms with Crippen LogP contribution in [0.3, 0.4) is 0 Å². The molecule has 2 aliphatic heterocycles. The summed E-state index contributed by atoms with van der Waals surface area (Å²) in [5.41, 5.74) is 0.630. The zero-order valence-electron chi connectivity index (χ0n) is 23.7. The van der Waals surface area contributed by atoms with Gasteiger partial charge in [0, 0.05) is 49.1 Å². The van der Waals surface area contributed by atoms with Gasteiger partial charge in [-0.15, -0.1) is 0 Å². The van der Waals surface area contributed by atoms with E-state index in [9.17, 15) is 18.0 Å². The minimum Gasteiger partial charge on any atom is -0.492 e. The minimum atomic E-state index is -4.72. The van der Waals surface area contributed by atoms with Crippen LogP contribution >= 0.6 is 0 Å². The van der Waals surface area contributed by atoms with Gasteiger partial charge in [0.05, 0.1) is 11.6 Å². The SMILES string of the molecule is N#Cc1ccc(C(=O)N2CCc3oc(-c4nc(Nc5ccc(OCCN6CCCC6)cc5)ncc4C(F)(F)F)cc3C2)cc1. The highest BCUT2D eigenvalue weighted by atomic mass is 19.4. The monoisotopic (exact) mass is 602 g/mol. The lowest BCUT2D eigenvalue weighted by Crippen LogP contribution is -2.35. The fraction of sp³-hybridized carbons (Fsp3) is 0.312. The molecule has 0 spiro atoms. The molecule has 1 saturated heterocycles. The van der Waals surface area contributed by atoms with Gasteiger partial charge in [0.15, 0.2) is 5.76 Å². The van der Waals surface area contributed by atoms with Crippen molar-refractivity contribution in [2.24, 2.45) is 0 Å². The van der Waals surface area contributed by atoms with Crippen molar-refractivity contribution in [2.75, 3.05) is 38.1 Å². The van der Waals surface area contributed by atoms with Crippen molar-refractivity contribution in [3.63, 3.8) is 0 Å². The lowest BCUT2D eigenvalue weighted by Gasteiger charge is -2.26. The average Bonchev–Trinajstić information content (AvgIpc) is 3.71. The zero-order chi connectivity index (χ0) is 30.7. The number of hydrogen-bond donors (Lipinski definition) is 1. The lowest BCUT2D eigenvalue weighted by molar-refractivity contribution is -0.137. The van der Waals surface area contributed by atoms with Crippen LogP contribution in [0.5, 0.6) is 5.75 Å². The summed E-state index contributed by atoms with van der Waals surface area (Å²) in [6.45, 7) is 4.14. The van der Waals surface area contributed by atoms with Crippen molar-refractivity contribution >= 4 is 17.5 Å². The van der Waals surface area contributed by atoms with Crippen molar-refractivity contribution in [1.29, 1.82) is 5.26 Å². The highest BCUT2D eigenvalue weighted by Crippen LogP contribution is 2.38. The summed E-state index contributed by atoms with van der Waals surface area (Å²) < 4.78 is 53.7. The fourth-order valence-corrected chi connectivity index (χ4v) is 5.39. The van der Waals surface area contributed by atoms with E-state index in [1.807, 2.05) is 6.07 Å². The Morgan fingerprint density at radius 3 is 2.52 bits per heavy atom. The van der Waals surface area contributed by atoms with Crippen LogP contribution < -0.4 is 10.1 Å². The topological polar surface area (TPSA) is 108 Å². The third-order valence-corrected chi connectivity index (χ3v) is 7.73. The van der Waals surface area contributed by atoms with E-state index in [2.05, 4.69) is 20.2 Å². The number of amides is 1. The number of aromatic nitrogens is 2. The van der Waals surface area contributed by atoms with E-state index >= 15 is 0 Å². The largest absolute Gasteiger partial charge is 0.492 e. The molecule has 12 heteroatoms. The Balaban J connectivity index is 1.17. The number of rotatable bonds is 8. The number of carbonyl (C=O) groups is 1. The van der Waals surface area contributed by atoms with Crippen LogP contribution in [0, 0.1) is 11.3 Å². The van der Waals surface area contributed by atoms with Crippen LogP contribution in [0.1, 0.15) is 45.7 Å². The molecular formula is C32H29F3N6O3. The number of hydrogen-bond acceptors (Lipinski definition) is 8. The van der Waals surface area contributed by atoms with E-state index in [0.717, 1.165) is 25.8 Å². The Kier molecular flexibility index (Phi) is 8.21. The van der Waals surface area contributed by atoms with Crippen molar-refractivity contribution in [2.45, 2.75) is 32.0 Å². The molecular weight excluding hydrogens is 573 g/mol. The van der Waals surface area contributed by atoms with Crippen molar-refractivity contribution < 1.29 is 27.1 Å². The molecule has 0 radical (unpaired) electrons. The molecule has 2 aromatic carbocycles. The van der Waals surface area contributed by atoms with E-state index in [1.165, 1.54) is 18.9 Å². The van der Waals surface area contributed by atoms with Crippen molar-refractivity contribution in [1.82, 2.24) is 19.8 Å². The van der Waals surface area contributed by atoms with E-state index in [1.54, 1.807) is 53.4 Å². The van der Waals surface area contributed by atoms with Gasteiger partial charge in [-0.2, -0.15) is 18.4 Å². The number of nitriles is 1. The smallest absolute Gasteiger partial charge is 0.420 e. The molecule has 0 bridgehead atoms. The minimum absolute atomic E-state index is 0.0253. The normalized spacial score (nSPS) is 15.1. The molecule has 1 amide bonds. The molecule has 0 unspecified atom stereocenters. The molecule has 1 N–H and O–H groups in total. The number of furan rings is 1. The fourth-order valence-electron chi connectivity index (χ4n) is 5.39. The van der Waals surface area contributed by atoms with Crippen molar-refractivity contribution in [3.05, 3.63) is 88.8 Å². The van der Waals surface area contributed by atoms with Gasteiger partial charge in [-0.1, -0.05) is 0 Å². The number of fused-ring (bicyclic) bond motifs is 1. The van der Waals surface area contributed by atoms with Crippen LogP contribution in [0.15, 0.2) is 65.2 Å². The molecule has 2 aromatic heterocycles. The van der Waals surface area contributed by atoms with Crippen LogP contribution in [0.2, 0.25) is 0 Å². The maximum Gasteiger partial charge on any atom is 0.420 e. The standard InChI is InChI=1S/C32H29F3N6O3/c33-32(34,35)26-19-37-31(38-24-7-9-25(10-8-24)43-16-15-40-12-1-2-13-40)39-29(26)28-17-23-20-41(14-11-27(23)44-28)30(42)22-5-3-21(18-36)4-6-22/h3-10,17,19H,1-2,11-16,20H2,(H,37,38,39). The second kappa shape index (κ2) is 12.4. The number of nitrogens with one attached hydrogen (secondary N) is 1. The summed E-state index contributed by atoms with van der Waals surface area (Å²) in [4.78, 5) is 25.1. The third-order valence-electron chi connectivity index (χ3n) is 7.73. The predicted octanol–water partition coefficient (Wildman–Crippen LogP) is 6.04. The molecule has 0 atom stereocenters. The van der Waals surface area contributed by atoms with Crippen LogP contribution in [0.25, 0.3) is 11.5 Å². The molecule has 4 heterocycles. The summed E-state index contributed by atoms with van der Waals surface area (Å²) >= 11 is 0. The van der Waals surface area contributed by atoms with Gasteiger partial charge in [0.2, 0.25) is 5.95 Å². The summed E-state index contributed by atoms with van der Waals surface area (Å²) in [5, 5.41) is 12.0. The molecule has 226 valence electrons. The Morgan fingerprint density at radius 1 is 1.07 bits per heavy atom. The van der Waals surface area contributed by atoms with Crippen LogP contribution in [-0.2, 0) is 19.1 Å². The van der Waals surface area contributed by atoms with Gasteiger partial charge in [0.1, 0.15) is 29.4 Å². The first kappa shape index (κ1) is 29.2. The van der Waals surface area contributed by atoms with E-state index in [4.69, 9.17) is 14.4 Å². The van der Waals surface area contributed by atoms with Gasteiger partial charge >= 0.3 is 6.18 Å². The Bertz CT molecular complexity index is 1670. The van der Waals surface area contributed by atoms with Gasteiger partial charge in [-0.05, 0) is 80.5 Å². The summed E-state index contributed by atoms with van der Waals surface area (Å²) in [7, 11) is 0. The molecule has 2 aliphatic rings. The number of ether oxygens (including phenoxy) is 1. The maximum atomic E-state index is 14.0. The molecule has 44 heavy (non-hydrogen) atoms. The Labute approximate surface area is 251 Å². The van der Waals surface area contributed by atoms with Crippen molar-refractivity contribution in [3.8, 4) is 23.3 Å². The summed E-state index contributed by atoms with van der Waals surface area (Å²) in [5.74, 6) is 0.877. The number of halogens is 3. The number of carbonyl (C=O) groups excluding carboxylic acids is 1. The second-order valence-corrected chi connectivity index (χ2v) is 10.7. The molecule has 0 aliphatic carbocycles. The third kappa shape index (κ3) is 6.53. The van der Waals surface area contributed by atoms with Gasteiger partial charge in [0.25, 0.3) is 5.91 Å². The number of benzene rings is 2. The maximum absolute atomic E-state index is 14.0. The number of anilines is 2. The first-order valence-electron chi connectivity index (χ1n) is 14.3. The van der Waals surface area contributed by atoms with Crippen LogP contribution in [0.4, 0.5) is 24.8 Å². The predicted molar refractivity (Wildman–Crippen MR) is 155 cm³/mol. The zero-order valence-corrected chi connectivity index (χ0v) is 23.7. The highest BCUT2D eigenvalue weighted by Gasteiger charge is 2.37. The highest BCUT2D eigenvalue weighted by molar-refractivity contribution is 5.94. The number of nitrogens with zero attached hydrogens (tertiary/aromatic N) is 5. The molecule has 4 aromatic rings. The quantitative estimate of drug-likeness (QED) is 0.260. The van der Waals surface area contributed by atoms with E-state index in [-0.39, 0.29) is 24.2 Å². The first-order chi connectivity index (χ1) is 21.3. The van der Waals surface area contributed by atoms with E-state index < -0.39 is 17.4 Å². The first-order valence-corrected chi connectivity index (χ1v) is 14.3. The molecule has 1 fully saturated rings. The molecule has 0 saturated carbocycles. The number of alkyl halides is 3. The molecule has 6 rings (SSSR count). The van der Waals surface area contributed by atoms with Gasteiger partial charge in [-0.3, -0.25) is 9.69 Å². The second-order valence-electron chi connectivity index (χ2n) is 10.7. The molecule has 9 nitrogen and oxygen atoms in total. The summed E-state index contributed by atoms with van der Waals surface area (Å²) in [6.07, 6.45) is -1.20.